The Balaban J connectivity index is 1.58. The van der Waals surface area contributed by atoms with Crippen LogP contribution < -0.4 is 10.6 Å². The number of carbonyl (C=O) groups excluding carboxylic acids is 2. The normalized spacial score (nSPS) is 11.9. The lowest BCUT2D eigenvalue weighted by molar-refractivity contribution is -0.125. The Morgan fingerprint density at radius 3 is 2.74 bits per heavy atom. The molecule has 0 aliphatic rings. The Labute approximate surface area is 165 Å². The molecule has 3 rings (SSSR count). The van der Waals surface area contributed by atoms with Gasteiger partial charge in [-0.05, 0) is 29.0 Å². The van der Waals surface area contributed by atoms with Crippen LogP contribution >= 0.6 is 23.1 Å². The number of nitrogens with zero attached hydrogens (tertiary/aromatic N) is 2. The van der Waals surface area contributed by atoms with Crippen molar-refractivity contribution in [2.24, 2.45) is 0 Å². The van der Waals surface area contributed by atoms with Crippen LogP contribution in [0.25, 0.3) is 10.8 Å². The van der Waals surface area contributed by atoms with Crippen LogP contribution in [0.15, 0.2) is 46.8 Å². The molecule has 2 amide bonds. The molecule has 0 bridgehead atoms. The molecular formula is C19H20N4O2S2. The predicted molar refractivity (Wildman–Crippen MR) is 110 cm³/mol. The van der Waals surface area contributed by atoms with E-state index in [0.717, 1.165) is 26.4 Å². The quantitative estimate of drug-likeness (QED) is 0.468. The molecule has 0 unspecified atom stereocenters. The molecule has 1 heterocycles. The van der Waals surface area contributed by atoms with E-state index in [2.05, 4.69) is 20.8 Å². The predicted octanol–water partition coefficient (Wildman–Crippen LogP) is 3.49. The number of amides is 2. The number of thioether (sulfide) groups is 1. The second kappa shape index (κ2) is 8.96. The van der Waals surface area contributed by atoms with E-state index in [9.17, 15) is 9.59 Å². The molecule has 0 fully saturated rings. The molecule has 27 heavy (non-hydrogen) atoms. The summed E-state index contributed by atoms with van der Waals surface area (Å²) in [5.41, 5.74) is 0.934. The summed E-state index contributed by atoms with van der Waals surface area (Å²) in [6.45, 7) is 3.68. The van der Waals surface area contributed by atoms with Crippen molar-refractivity contribution >= 4 is 50.8 Å². The van der Waals surface area contributed by atoms with E-state index in [1.807, 2.05) is 49.4 Å². The number of carbonyl (C=O) groups is 2. The van der Waals surface area contributed by atoms with E-state index < -0.39 is 6.04 Å². The van der Waals surface area contributed by atoms with Crippen LogP contribution in [0, 0.1) is 0 Å². The molecule has 0 radical (unpaired) electrons. The lowest BCUT2D eigenvalue weighted by Crippen LogP contribution is -2.42. The fourth-order valence-corrected chi connectivity index (χ4v) is 4.29. The van der Waals surface area contributed by atoms with Crippen LogP contribution in [-0.4, -0.2) is 33.8 Å². The van der Waals surface area contributed by atoms with Crippen molar-refractivity contribution in [2.45, 2.75) is 30.6 Å². The van der Waals surface area contributed by atoms with Crippen LogP contribution in [-0.2, 0) is 16.0 Å². The summed E-state index contributed by atoms with van der Waals surface area (Å²) in [5.74, 6) is 0.377. The summed E-state index contributed by atoms with van der Waals surface area (Å²) in [7, 11) is 0. The molecule has 1 aromatic heterocycles. The van der Waals surface area contributed by atoms with E-state index in [4.69, 9.17) is 0 Å². The van der Waals surface area contributed by atoms with Crippen LogP contribution in [0.4, 0.5) is 5.13 Å². The molecule has 0 spiro atoms. The highest BCUT2D eigenvalue weighted by atomic mass is 32.2. The monoisotopic (exact) mass is 400 g/mol. The van der Waals surface area contributed by atoms with Gasteiger partial charge in [0.2, 0.25) is 16.9 Å². The first-order valence-corrected chi connectivity index (χ1v) is 10.4. The van der Waals surface area contributed by atoms with Gasteiger partial charge in [0.25, 0.3) is 0 Å². The van der Waals surface area contributed by atoms with Gasteiger partial charge in [0, 0.05) is 0 Å². The second-order valence-corrected chi connectivity index (χ2v) is 8.39. The summed E-state index contributed by atoms with van der Waals surface area (Å²) in [6, 6.07) is 13.1. The van der Waals surface area contributed by atoms with E-state index in [1.54, 1.807) is 18.7 Å². The van der Waals surface area contributed by atoms with Gasteiger partial charge < -0.3 is 5.32 Å². The maximum atomic E-state index is 12.4. The molecular weight excluding hydrogens is 380 g/mol. The van der Waals surface area contributed by atoms with Crippen LogP contribution in [0.5, 0.6) is 0 Å². The molecule has 6 nitrogen and oxygen atoms in total. The Morgan fingerprint density at radius 2 is 1.93 bits per heavy atom. The van der Waals surface area contributed by atoms with Gasteiger partial charge in [-0.25, -0.2) is 0 Å². The smallest absolute Gasteiger partial charge is 0.248 e. The number of nitrogens with one attached hydrogen (secondary N) is 2. The van der Waals surface area contributed by atoms with Crippen LogP contribution in [0.2, 0.25) is 0 Å². The summed E-state index contributed by atoms with van der Waals surface area (Å²) >= 11 is 2.89. The first-order valence-electron chi connectivity index (χ1n) is 8.60. The third kappa shape index (κ3) is 5.05. The number of anilines is 1. The zero-order chi connectivity index (χ0) is 19.2. The zero-order valence-corrected chi connectivity index (χ0v) is 16.7. The minimum absolute atomic E-state index is 0.200. The molecule has 2 N–H and O–H groups in total. The fourth-order valence-electron chi connectivity index (χ4n) is 2.63. The summed E-state index contributed by atoms with van der Waals surface area (Å²) in [6.07, 6.45) is 0.217. The maximum Gasteiger partial charge on any atom is 0.248 e. The minimum atomic E-state index is -0.668. The topological polar surface area (TPSA) is 84.0 Å². The molecule has 140 valence electrons. The van der Waals surface area contributed by atoms with Gasteiger partial charge in [-0.2, -0.15) is 0 Å². The molecule has 0 saturated carbocycles. The van der Waals surface area contributed by atoms with Gasteiger partial charge in [-0.1, -0.05) is 72.5 Å². The number of aromatic nitrogens is 2. The number of hydrogen-bond donors (Lipinski definition) is 2. The van der Waals surface area contributed by atoms with E-state index in [1.165, 1.54) is 11.3 Å². The molecule has 0 saturated heterocycles. The van der Waals surface area contributed by atoms with E-state index in [-0.39, 0.29) is 18.2 Å². The zero-order valence-electron chi connectivity index (χ0n) is 15.1. The van der Waals surface area contributed by atoms with Gasteiger partial charge in [0.05, 0.1) is 6.42 Å². The molecule has 0 aliphatic carbocycles. The SMILES string of the molecule is CCSc1nnc(NC(=O)[C@@H](C)NC(=O)Cc2cccc3ccccc23)s1. The molecule has 8 heteroatoms. The molecule has 1 atom stereocenters. The largest absolute Gasteiger partial charge is 0.344 e. The first kappa shape index (κ1) is 19.3. The van der Waals surface area contributed by atoms with Gasteiger partial charge in [-0.15, -0.1) is 10.2 Å². The lowest BCUT2D eigenvalue weighted by atomic mass is 10.0. The number of benzene rings is 2. The Morgan fingerprint density at radius 1 is 1.15 bits per heavy atom. The molecule has 3 aromatic rings. The van der Waals surface area contributed by atoms with Crippen molar-refractivity contribution in [3.05, 3.63) is 48.0 Å². The van der Waals surface area contributed by atoms with Gasteiger partial charge in [0.1, 0.15) is 6.04 Å². The third-order valence-corrected chi connectivity index (χ3v) is 5.76. The summed E-state index contributed by atoms with van der Waals surface area (Å²) < 4.78 is 0.806. The second-order valence-electron chi connectivity index (χ2n) is 5.90. The maximum absolute atomic E-state index is 12.4. The Kier molecular flexibility index (Phi) is 6.41. The minimum Gasteiger partial charge on any atom is -0.344 e. The Bertz CT molecular complexity index is 952. The number of rotatable bonds is 7. The van der Waals surface area contributed by atoms with Crippen molar-refractivity contribution in [2.75, 3.05) is 11.1 Å². The van der Waals surface area contributed by atoms with E-state index >= 15 is 0 Å². The molecule has 2 aromatic carbocycles. The summed E-state index contributed by atoms with van der Waals surface area (Å²) in [5, 5.41) is 15.9. The number of hydrogen-bond acceptors (Lipinski definition) is 6. The average molecular weight is 401 g/mol. The Hall–Kier alpha value is -2.45. The standard InChI is InChI=1S/C19H20N4O2S2/c1-3-26-19-23-22-18(27-19)21-17(25)12(2)20-16(24)11-14-9-6-8-13-7-4-5-10-15(13)14/h4-10,12H,3,11H2,1-2H3,(H,20,24)(H,21,22,25)/t12-/m1/s1. The van der Waals surface area contributed by atoms with Gasteiger partial charge in [-0.3, -0.25) is 14.9 Å². The average Bonchev–Trinajstić information content (AvgIpc) is 3.09. The van der Waals surface area contributed by atoms with Crippen molar-refractivity contribution in [3.63, 3.8) is 0 Å². The van der Waals surface area contributed by atoms with Crippen LogP contribution in [0.1, 0.15) is 19.4 Å². The number of fused-ring (bicyclic) bond motifs is 1. The molecule has 0 aliphatic heterocycles. The highest BCUT2D eigenvalue weighted by Crippen LogP contribution is 2.25. The van der Waals surface area contributed by atoms with Crippen molar-refractivity contribution in [1.29, 1.82) is 0 Å². The third-order valence-electron chi connectivity index (χ3n) is 3.91. The summed E-state index contributed by atoms with van der Waals surface area (Å²) in [4.78, 5) is 24.7. The van der Waals surface area contributed by atoms with Crippen LogP contribution in [0.3, 0.4) is 0 Å². The van der Waals surface area contributed by atoms with Crippen molar-refractivity contribution < 1.29 is 9.59 Å². The van der Waals surface area contributed by atoms with Crippen molar-refractivity contribution in [1.82, 2.24) is 15.5 Å². The first-order chi connectivity index (χ1) is 13.1. The van der Waals surface area contributed by atoms with Gasteiger partial charge >= 0.3 is 0 Å². The van der Waals surface area contributed by atoms with E-state index in [0.29, 0.717) is 5.13 Å². The van der Waals surface area contributed by atoms with Crippen molar-refractivity contribution in [3.8, 4) is 0 Å². The highest BCUT2D eigenvalue weighted by Gasteiger charge is 2.18. The lowest BCUT2D eigenvalue weighted by Gasteiger charge is -2.13. The van der Waals surface area contributed by atoms with Gasteiger partial charge in [0.15, 0.2) is 4.34 Å². The highest BCUT2D eigenvalue weighted by molar-refractivity contribution is 8.01. The fraction of sp³-hybridized carbons (Fsp3) is 0.263.